The number of carbonyl (C=O) groups is 1. The van der Waals surface area contributed by atoms with Gasteiger partial charge in [0.05, 0.1) is 13.0 Å². The zero-order valence-corrected chi connectivity index (χ0v) is 9.25. The summed E-state index contributed by atoms with van der Waals surface area (Å²) in [7, 11) is 1.42. The van der Waals surface area contributed by atoms with Crippen LogP contribution in [-0.2, 0) is 9.63 Å². The lowest BCUT2D eigenvalue weighted by Gasteiger charge is -2.30. The number of aliphatic hydroxyl groups is 1. The minimum Gasteiger partial charge on any atom is -0.371 e. The van der Waals surface area contributed by atoms with Gasteiger partial charge in [0, 0.05) is 5.92 Å². The van der Waals surface area contributed by atoms with Gasteiger partial charge in [0.15, 0.2) is 6.23 Å². The molecule has 0 bridgehead atoms. The Hall–Kier alpha value is -0.870. The Morgan fingerprint density at radius 3 is 2.47 bits per heavy atom. The van der Waals surface area contributed by atoms with E-state index >= 15 is 0 Å². The largest absolute Gasteiger partial charge is 0.371 e. The first-order valence-corrected chi connectivity index (χ1v) is 5.31. The number of amides is 1. The highest BCUT2D eigenvalue weighted by atomic mass is 16.7. The molecule has 1 N–H and O–H groups in total. The van der Waals surface area contributed by atoms with Crippen molar-refractivity contribution in [1.29, 1.82) is 0 Å². The van der Waals surface area contributed by atoms with Crippen molar-refractivity contribution in [2.45, 2.75) is 20.1 Å². The van der Waals surface area contributed by atoms with Gasteiger partial charge in [-0.05, 0) is 11.8 Å². The molecule has 0 spiro atoms. The summed E-state index contributed by atoms with van der Waals surface area (Å²) in [5.41, 5.74) is 0. The van der Waals surface area contributed by atoms with E-state index in [4.69, 9.17) is 4.84 Å². The van der Waals surface area contributed by atoms with Crippen molar-refractivity contribution in [1.82, 2.24) is 5.06 Å². The van der Waals surface area contributed by atoms with Crippen molar-refractivity contribution in [2.75, 3.05) is 7.11 Å². The Labute approximate surface area is 89.5 Å². The molecule has 1 aliphatic heterocycles. The molecule has 5 atom stereocenters. The minimum absolute atomic E-state index is 0.0440. The fourth-order valence-corrected chi connectivity index (χ4v) is 2.75. The second-order valence-electron chi connectivity index (χ2n) is 4.47. The van der Waals surface area contributed by atoms with E-state index in [1.165, 1.54) is 7.11 Å². The summed E-state index contributed by atoms with van der Waals surface area (Å²) < 4.78 is 0. The van der Waals surface area contributed by atoms with Crippen LogP contribution in [0.15, 0.2) is 12.2 Å². The van der Waals surface area contributed by atoms with Gasteiger partial charge in [-0.2, -0.15) is 5.06 Å². The van der Waals surface area contributed by atoms with E-state index in [1.807, 2.05) is 13.8 Å². The number of hydrogen-bond acceptors (Lipinski definition) is 3. The monoisotopic (exact) mass is 211 g/mol. The van der Waals surface area contributed by atoms with Gasteiger partial charge in [-0.3, -0.25) is 9.63 Å². The van der Waals surface area contributed by atoms with E-state index in [0.717, 1.165) is 5.06 Å². The molecular formula is C11H17NO3. The molecule has 1 amide bonds. The standard InChI is InChI=1S/C11H17NO3/c1-6-4-5-7(2)9-8(6)10(13)12(15-3)11(9)14/h4-10,13H,1-3H3. The van der Waals surface area contributed by atoms with E-state index in [1.54, 1.807) is 0 Å². The second-order valence-corrected chi connectivity index (χ2v) is 4.47. The highest BCUT2D eigenvalue weighted by molar-refractivity contribution is 5.81. The number of nitrogens with zero attached hydrogens (tertiary/aromatic N) is 1. The highest BCUT2D eigenvalue weighted by Gasteiger charge is 2.52. The average Bonchev–Trinajstić information content (AvgIpc) is 2.46. The molecule has 0 aromatic carbocycles. The van der Waals surface area contributed by atoms with Crippen molar-refractivity contribution in [3.8, 4) is 0 Å². The molecule has 1 fully saturated rings. The molecule has 2 aliphatic rings. The number of carbonyl (C=O) groups excluding carboxylic acids is 1. The first-order chi connectivity index (χ1) is 7.07. The quantitative estimate of drug-likeness (QED) is 0.652. The third kappa shape index (κ3) is 1.40. The molecule has 1 aliphatic carbocycles. The first-order valence-electron chi connectivity index (χ1n) is 5.31. The molecule has 0 saturated carbocycles. The predicted molar refractivity (Wildman–Crippen MR) is 54.3 cm³/mol. The van der Waals surface area contributed by atoms with Crippen LogP contribution in [0.1, 0.15) is 13.8 Å². The van der Waals surface area contributed by atoms with Crippen molar-refractivity contribution < 1.29 is 14.7 Å². The van der Waals surface area contributed by atoms with Crippen LogP contribution < -0.4 is 0 Å². The fourth-order valence-electron chi connectivity index (χ4n) is 2.75. The molecule has 2 rings (SSSR count). The van der Waals surface area contributed by atoms with E-state index in [9.17, 15) is 9.90 Å². The normalized spacial score (nSPS) is 44.7. The second kappa shape index (κ2) is 3.61. The number of hydroxylamine groups is 2. The van der Waals surface area contributed by atoms with Gasteiger partial charge in [-0.25, -0.2) is 0 Å². The first kappa shape index (κ1) is 10.6. The van der Waals surface area contributed by atoms with Gasteiger partial charge in [0.2, 0.25) is 0 Å². The van der Waals surface area contributed by atoms with Gasteiger partial charge in [-0.15, -0.1) is 0 Å². The summed E-state index contributed by atoms with van der Waals surface area (Å²) in [4.78, 5) is 16.9. The topological polar surface area (TPSA) is 49.8 Å². The molecule has 5 unspecified atom stereocenters. The Kier molecular flexibility index (Phi) is 2.56. The third-order valence-corrected chi connectivity index (χ3v) is 3.59. The van der Waals surface area contributed by atoms with Crippen molar-refractivity contribution in [3.63, 3.8) is 0 Å². The van der Waals surface area contributed by atoms with E-state index < -0.39 is 6.23 Å². The highest BCUT2D eigenvalue weighted by Crippen LogP contribution is 2.43. The Morgan fingerprint density at radius 1 is 1.33 bits per heavy atom. The summed E-state index contributed by atoms with van der Waals surface area (Å²) >= 11 is 0. The zero-order chi connectivity index (χ0) is 11.2. The minimum atomic E-state index is -0.810. The van der Waals surface area contributed by atoms with Gasteiger partial charge < -0.3 is 5.11 Å². The van der Waals surface area contributed by atoms with Crippen molar-refractivity contribution in [3.05, 3.63) is 12.2 Å². The van der Waals surface area contributed by atoms with E-state index in [2.05, 4.69) is 12.2 Å². The van der Waals surface area contributed by atoms with Crippen LogP contribution in [0.5, 0.6) is 0 Å². The predicted octanol–water partition coefficient (Wildman–Crippen LogP) is 0.783. The average molecular weight is 211 g/mol. The lowest BCUT2D eigenvalue weighted by Crippen LogP contribution is -2.35. The van der Waals surface area contributed by atoms with E-state index in [0.29, 0.717) is 0 Å². The smallest absolute Gasteiger partial charge is 0.252 e. The van der Waals surface area contributed by atoms with Crippen LogP contribution in [0.4, 0.5) is 0 Å². The Bertz CT molecular complexity index is 302. The van der Waals surface area contributed by atoms with Gasteiger partial charge in [0.25, 0.3) is 5.91 Å². The van der Waals surface area contributed by atoms with Crippen LogP contribution in [0.2, 0.25) is 0 Å². The number of allylic oxidation sites excluding steroid dienone is 2. The molecule has 4 heteroatoms. The maximum absolute atomic E-state index is 11.9. The Morgan fingerprint density at radius 2 is 1.93 bits per heavy atom. The van der Waals surface area contributed by atoms with E-state index in [-0.39, 0.29) is 29.6 Å². The molecule has 4 nitrogen and oxygen atoms in total. The third-order valence-electron chi connectivity index (χ3n) is 3.59. The molecule has 84 valence electrons. The molecule has 1 saturated heterocycles. The van der Waals surface area contributed by atoms with Crippen LogP contribution >= 0.6 is 0 Å². The molecule has 0 aromatic rings. The SMILES string of the molecule is CON1C(=O)C2C(C)C=CC(C)C2C1O. The van der Waals surface area contributed by atoms with Crippen LogP contribution in [0, 0.1) is 23.7 Å². The summed E-state index contributed by atoms with van der Waals surface area (Å²) in [6.07, 6.45) is 3.31. The van der Waals surface area contributed by atoms with Crippen LogP contribution in [-0.4, -0.2) is 29.4 Å². The summed E-state index contributed by atoms with van der Waals surface area (Å²) in [6.45, 7) is 4.03. The van der Waals surface area contributed by atoms with Crippen molar-refractivity contribution in [2.24, 2.45) is 23.7 Å². The molecular weight excluding hydrogens is 194 g/mol. The van der Waals surface area contributed by atoms with Gasteiger partial charge >= 0.3 is 0 Å². The fraction of sp³-hybridized carbons (Fsp3) is 0.727. The summed E-state index contributed by atoms with van der Waals surface area (Å²) in [6, 6.07) is 0. The van der Waals surface area contributed by atoms with Crippen LogP contribution in [0.3, 0.4) is 0 Å². The van der Waals surface area contributed by atoms with Gasteiger partial charge in [-0.1, -0.05) is 26.0 Å². The summed E-state index contributed by atoms with van der Waals surface area (Å²) in [5.74, 6) is 0.106. The number of aliphatic hydroxyl groups excluding tert-OH is 1. The van der Waals surface area contributed by atoms with Crippen LogP contribution in [0.25, 0.3) is 0 Å². The molecule has 0 radical (unpaired) electrons. The molecule has 1 heterocycles. The van der Waals surface area contributed by atoms with Crippen molar-refractivity contribution >= 4 is 5.91 Å². The molecule has 15 heavy (non-hydrogen) atoms. The molecule has 0 aromatic heterocycles. The maximum Gasteiger partial charge on any atom is 0.252 e. The lowest BCUT2D eigenvalue weighted by molar-refractivity contribution is -0.212. The number of hydrogen-bond donors (Lipinski definition) is 1. The number of rotatable bonds is 1. The maximum atomic E-state index is 11.9. The number of fused-ring (bicyclic) bond motifs is 1. The summed E-state index contributed by atoms with van der Waals surface area (Å²) in [5, 5.41) is 11.1. The van der Waals surface area contributed by atoms with Gasteiger partial charge in [0.1, 0.15) is 0 Å². The lowest BCUT2D eigenvalue weighted by atomic mass is 9.73. The zero-order valence-electron chi connectivity index (χ0n) is 9.25. The Balaban J connectivity index is 2.34.